The van der Waals surface area contributed by atoms with E-state index in [0.717, 1.165) is 35.7 Å². The maximum Gasteiger partial charge on any atom is 0.230 e. The number of thioether (sulfide) groups is 1. The molecule has 1 aliphatic carbocycles. The van der Waals surface area contributed by atoms with E-state index in [-0.39, 0.29) is 5.91 Å². The van der Waals surface area contributed by atoms with Gasteiger partial charge in [0.05, 0.1) is 12.4 Å². The Morgan fingerprint density at radius 3 is 2.59 bits per heavy atom. The summed E-state index contributed by atoms with van der Waals surface area (Å²) in [4.78, 5) is 12.1. The highest BCUT2D eigenvalue weighted by Crippen LogP contribution is 2.25. The average Bonchev–Trinajstić information content (AvgIpc) is 3.46. The highest BCUT2D eigenvalue weighted by molar-refractivity contribution is 7.99. The first-order valence-electron chi connectivity index (χ1n) is 9.86. The van der Waals surface area contributed by atoms with Crippen molar-refractivity contribution in [3.63, 3.8) is 0 Å². The van der Waals surface area contributed by atoms with E-state index in [1.54, 1.807) is 0 Å². The number of ether oxygens (including phenoxy) is 1. The lowest BCUT2D eigenvalue weighted by molar-refractivity contribution is -0.118. The number of benzene rings is 2. The second kappa shape index (κ2) is 9.13. The van der Waals surface area contributed by atoms with Gasteiger partial charge in [0.1, 0.15) is 11.6 Å². The molecular weight excluding hydrogens is 384 g/mol. The number of nitrogens with zero attached hydrogens (tertiary/aromatic N) is 3. The number of hydrogen-bond donors (Lipinski definition) is 1. The molecule has 1 N–H and O–H groups in total. The molecule has 150 valence electrons. The molecule has 0 spiro atoms. The molecule has 0 radical (unpaired) electrons. The Morgan fingerprint density at radius 2 is 1.90 bits per heavy atom. The Labute approximate surface area is 174 Å². The summed E-state index contributed by atoms with van der Waals surface area (Å²) in [6.07, 6.45) is 2.83. The Bertz CT molecular complexity index is 953. The number of nitrogens with one attached hydrogen (secondary N) is 1. The highest BCUT2D eigenvalue weighted by atomic mass is 32.2. The SMILES string of the molecule is CCOc1ccc(-n2c(Cc3ccccc3)nnc2SCC(=O)NC2CC2)cc1. The van der Waals surface area contributed by atoms with Gasteiger partial charge in [-0.3, -0.25) is 9.36 Å². The number of hydrogen-bond acceptors (Lipinski definition) is 5. The molecule has 0 atom stereocenters. The van der Waals surface area contributed by atoms with Crippen molar-refractivity contribution < 1.29 is 9.53 Å². The second-order valence-corrected chi connectivity index (χ2v) is 7.90. The topological polar surface area (TPSA) is 69.0 Å². The lowest BCUT2D eigenvalue weighted by Crippen LogP contribution is -2.27. The van der Waals surface area contributed by atoms with E-state index in [4.69, 9.17) is 4.74 Å². The second-order valence-electron chi connectivity index (χ2n) is 6.95. The van der Waals surface area contributed by atoms with Crippen molar-refractivity contribution in [2.75, 3.05) is 12.4 Å². The number of carbonyl (C=O) groups is 1. The first-order chi connectivity index (χ1) is 14.2. The van der Waals surface area contributed by atoms with Gasteiger partial charge in [0, 0.05) is 18.2 Å². The molecule has 1 saturated carbocycles. The summed E-state index contributed by atoms with van der Waals surface area (Å²) in [5.74, 6) is 2.04. The van der Waals surface area contributed by atoms with Crippen LogP contribution in [0, 0.1) is 0 Å². The van der Waals surface area contributed by atoms with Gasteiger partial charge in [-0.1, -0.05) is 42.1 Å². The Hall–Kier alpha value is -2.80. The normalized spacial score (nSPS) is 13.3. The van der Waals surface area contributed by atoms with Crippen LogP contribution in [-0.4, -0.2) is 39.1 Å². The first kappa shape index (κ1) is 19.5. The zero-order valence-electron chi connectivity index (χ0n) is 16.4. The molecular formula is C22H24N4O2S. The third-order valence-electron chi connectivity index (χ3n) is 4.59. The fourth-order valence-electron chi connectivity index (χ4n) is 3.03. The minimum atomic E-state index is 0.0448. The van der Waals surface area contributed by atoms with E-state index in [1.165, 1.54) is 11.8 Å². The number of rotatable bonds is 9. The molecule has 7 heteroatoms. The van der Waals surface area contributed by atoms with Gasteiger partial charge in [-0.15, -0.1) is 10.2 Å². The first-order valence-corrected chi connectivity index (χ1v) is 10.8. The van der Waals surface area contributed by atoms with Crippen LogP contribution in [0.2, 0.25) is 0 Å². The van der Waals surface area contributed by atoms with Crippen molar-refractivity contribution in [2.24, 2.45) is 0 Å². The molecule has 0 bridgehead atoms. The van der Waals surface area contributed by atoms with E-state index >= 15 is 0 Å². The third-order valence-corrected chi connectivity index (χ3v) is 5.52. The summed E-state index contributed by atoms with van der Waals surface area (Å²) < 4.78 is 7.58. The maximum atomic E-state index is 12.1. The molecule has 1 amide bonds. The maximum absolute atomic E-state index is 12.1. The molecule has 1 fully saturated rings. The fourth-order valence-corrected chi connectivity index (χ4v) is 3.81. The van der Waals surface area contributed by atoms with Gasteiger partial charge in [0.15, 0.2) is 5.16 Å². The van der Waals surface area contributed by atoms with Crippen LogP contribution in [0.15, 0.2) is 59.8 Å². The minimum Gasteiger partial charge on any atom is -0.494 e. The zero-order chi connectivity index (χ0) is 20.1. The molecule has 0 aliphatic heterocycles. The van der Waals surface area contributed by atoms with Gasteiger partial charge < -0.3 is 10.1 Å². The smallest absolute Gasteiger partial charge is 0.230 e. The van der Waals surface area contributed by atoms with Gasteiger partial charge in [-0.05, 0) is 49.6 Å². The van der Waals surface area contributed by atoms with Crippen LogP contribution in [0.4, 0.5) is 0 Å². The monoisotopic (exact) mass is 408 g/mol. The predicted molar refractivity (Wildman–Crippen MR) is 114 cm³/mol. The molecule has 29 heavy (non-hydrogen) atoms. The van der Waals surface area contributed by atoms with Crippen molar-refractivity contribution in [3.05, 3.63) is 66.0 Å². The quantitative estimate of drug-likeness (QED) is 0.548. The molecule has 4 rings (SSSR count). The summed E-state index contributed by atoms with van der Waals surface area (Å²) in [5.41, 5.74) is 2.12. The molecule has 1 aromatic heterocycles. The van der Waals surface area contributed by atoms with Crippen molar-refractivity contribution in [2.45, 2.75) is 37.4 Å². The highest BCUT2D eigenvalue weighted by Gasteiger charge is 2.24. The molecule has 1 heterocycles. The number of amides is 1. The van der Waals surface area contributed by atoms with Crippen LogP contribution in [0.25, 0.3) is 5.69 Å². The van der Waals surface area contributed by atoms with Gasteiger partial charge in [0.2, 0.25) is 5.91 Å². The zero-order valence-corrected chi connectivity index (χ0v) is 17.2. The van der Waals surface area contributed by atoms with Gasteiger partial charge in [-0.2, -0.15) is 0 Å². The Morgan fingerprint density at radius 1 is 1.14 bits per heavy atom. The van der Waals surface area contributed by atoms with E-state index in [9.17, 15) is 4.79 Å². The summed E-state index contributed by atoms with van der Waals surface area (Å²) >= 11 is 1.41. The van der Waals surface area contributed by atoms with E-state index in [1.807, 2.05) is 54.0 Å². The Kier molecular flexibility index (Phi) is 6.14. The summed E-state index contributed by atoms with van der Waals surface area (Å²) in [6.45, 7) is 2.59. The summed E-state index contributed by atoms with van der Waals surface area (Å²) in [6, 6.07) is 18.4. The van der Waals surface area contributed by atoms with Crippen LogP contribution in [0.1, 0.15) is 31.2 Å². The van der Waals surface area contributed by atoms with Crippen LogP contribution in [-0.2, 0) is 11.2 Å². The van der Waals surface area contributed by atoms with E-state index in [2.05, 4.69) is 27.6 Å². The van der Waals surface area contributed by atoms with Crippen LogP contribution >= 0.6 is 11.8 Å². The Balaban J connectivity index is 1.58. The summed E-state index contributed by atoms with van der Waals surface area (Å²) in [5, 5.41) is 12.5. The lowest BCUT2D eigenvalue weighted by atomic mass is 10.1. The summed E-state index contributed by atoms with van der Waals surface area (Å²) in [7, 11) is 0. The largest absolute Gasteiger partial charge is 0.494 e. The molecule has 2 aromatic carbocycles. The van der Waals surface area contributed by atoms with Crippen LogP contribution in [0.3, 0.4) is 0 Å². The molecule has 3 aromatic rings. The molecule has 0 unspecified atom stereocenters. The van der Waals surface area contributed by atoms with Gasteiger partial charge in [-0.25, -0.2) is 0 Å². The number of aromatic nitrogens is 3. The third kappa shape index (κ3) is 5.17. The van der Waals surface area contributed by atoms with Gasteiger partial charge >= 0.3 is 0 Å². The van der Waals surface area contributed by atoms with E-state index in [0.29, 0.717) is 30.0 Å². The average molecular weight is 409 g/mol. The van der Waals surface area contributed by atoms with Crippen molar-refractivity contribution in [1.82, 2.24) is 20.1 Å². The van der Waals surface area contributed by atoms with E-state index < -0.39 is 0 Å². The standard InChI is InChI=1S/C22H24N4O2S/c1-2-28-19-12-10-18(11-13-19)26-20(14-16-6-4-3-5-7-16)24-25-22(26)29-15-21(27)23-17-8-9-17/h3-7,10-13,17H,2,8-9,14-15H2,1H3,(H,23,27). The van der Waals surface area contributed by atoms with Crippen LogP contribution in [0.5, 0.6) is 5.75 Å². The van der Waals surface area contributed by atoms with Crippen molar-refractivity contribution >= 4 is 17.7 Å². The van der Waals surface area contributed by atoms with Crippen molar-refractivity contribution in [1.29, 1.82) is 0 Å². The van der Waals surface area contributed by atoms with Gasteiger partial charge in [0.25, 0.3) is 0 Å². The minimum absolute atomic E-state index is 0.0448. The molecule has 6 nitrogen and oxygen atoms in total. The predicted octanol–water partition coefficient (Wildman–Crippen LogP) is 3.63. The molecule has 0 saturated heterocycles. The lowest BCUT2D eigenvalue weighted by Gasteiger charge is -2.11. The van der Waals surface area contributed by atoms with Crippen molar-refractivity contribution in [3.8, 4) is 11.4 Å². The van der Waals surface area contributed by atoms with Crippen LogP contribution < -0.4 is 10.1 Å². The number of carbonyl (C=O) groups excluding carboxylic acids is 1. The molecule has 1 aliphatic rings. The fraction of sp³-hybridized carbons (Fsp3) is 0.318.